The third-order valence-electron chi connectivity index (χ3n) is 9.10. The summed E-state index contributed by atoms with van der Waals surface area (Å²) in [6.45, 7) is 8.97. The number of benzene rings is 2. The molecule has 232 valence electrons. The zero-order chi connectivity index (χ0) is 31.7. The lowest BCUT2D eigenvalue weighted by molar-refractivity contribution is -0.147. The lowest BCUT2D eigenvalue weighted by atomic mass is 9.73. The molecule has 2 aliphatic rings. The van der Waals surface area contributed by atoms with Crippen LogP contribution in [0.1, 0.15) is 93.6 Å². The normalized spacial score (nSPS) is 26.4. The van der Waals surface area contributed by atoms with Crippen molar-refractivity contribution in [3.05, 3.63) is 71.0 Å². The molecule has 3 amide bonds. The molecule has 4 rings (SSSR count). The number of carboxylic acids is 1. The number of alkyl carbamates (subject to hydrolysis) is 1. The molecule has 10 heteroatoms. The predicted molar refractivity (Wildman–Crippen MR) is 159 cm³/mol. The highest BCUT2D eigenvalue weighted by Crippen LogP contribution is 2.52. The molecule has 9 nitrogen and oxygen atoms in total. The minimum absolute atomic E-state index is 0.00829. The Morgan fingerprint density at radius 2 is 1.67 bits per heavy atom. The highest BCUT2D eigenvalue weighted by molar-refractivity contribution is 5.93. The van der Waals surface area contributed by atoms with Crippen LogP contribution in [-0.4, -0.2) is 57.6 Å². The van der Waals surface area contributed by atoms with Gasteiger partial charge in [0.1, 0.15) is 17.0 Å². The first-order chi connectivity index (χ1) is 20.1. The van der Waals surface area contributed by atoms with Crippen molar-refractivity contribution in [2.45, 2.75) is 89.3 Å². The maximum atomic E-state index is 15.7. The quantitative estimate of drug-likeness (QED) is 0.402. The largest absolute Gasteiger partial charge is 0.478 e. The number of nitrogens with zero attached hydrogens (tertiary/aromatic N) is 1. The standard InChI is InChI=1S/C33H42FN3O6/c1-19(36-31(42)43-32(2,3)4)20-14-16-22(17-15-20)28(38)37-18-25(23-12-9-13-24(27(23)34)29(39)40)26(33(37,5)30(35)41)21-10-7-6-8-11-21/h6-13,19-20,22,25-26H,14-18H2,1-5H3,(H2,35,41)(H,36,42)(H,39,40)/t19?,20-,22-,25?,26-,33+/m1/s1. The number of halogens is 1. The Kier molecular flexibility index (Phi) is 9.18. The van der Waals surface area contributed by atoms with Crippen LogP contribution in [-0.2, 0) is 14.3 Å². The first kappa shape index (κ1) is 32.0. The van der Waals surface area contributed by atoms with Gasteiger partial charge in [-0.1, -0.05) is 42.5 Å². The predicted octanol–water partition coefficient (Wildman–Crippen LogP) is 5.20. The zero-order valence-electron chi connectivity index (χ0n) is 25.4. The summed E-state index contributed by atoms with van der Waals surface area (Å²) < 4.78 is 21.0. The Hall–Kier alpha value is -3.95. The molecule has 0 spiro atoms. The fraction of sp³-hybridized carbons (Fsp3) is 0.515. The van der Waals surface area contributed by atoms with Crippen molar-refractivity contribution < 1.29 is 33.4 Å². The van der Waals surface area contributed by atoms with Crippen LogP contribution in [0.2, 0.25) is 0 Å². The average Bonchev–Trinajstić information content (AvgIpc) is 3.26. The number of hydrogen-bond acceptors (Lipinski definition) is 5. The zero-order valence-corrected chi connectivity index (χ0v) is 25.4. The molecular weight excluding hydrogens is 553 g/mol. The summed E-state index contributed by atoms with van der Waals surface area (Å²) in [5, 5.41) is 12.5. The molecule has 2 aromatic rings. The number of carbonyl (C=O) groups excluding carboxylic acids is 3. The van der Waals surface area contributed by atoms with Gasteiger partial charge in [-0.3, -0.25) is 9.59 Å². The lowest BCUT2D eigenvalue weighted by Crippen LogP contribution is -2.58. The maximum absolute atomic E-state index is 15.7. The molecule has 43 heavy (non-hydrogen) atoms. The number of carboxylic acid groups (broad SMARTS) is 1. The van der Waals surface area contributed by atoms with Crippen molar-refractivity contribution in [1.29, 1.82) is 0 Å². The van der Waals surface area contributed by atoms with E-state index >= 15 is 4.39 Å². The number of hydrogen-bond donors (Lipinski definition) is 3. The van der Waals surface area contributed by atoms with Gasteiger partial charge in [-0.25, -0.2) is 14.0 Å². The van der Waals surface area contributed by atoms with E-state index in [4.69, 9.17) is 10.5 Å². The minimum Gasteiger partial charge on any atom is -0.478 e. The minimum atomic E-state index is -1.49. The van der Waals surface area contributed by atoms with Gasteiger partial charge in [0.25, 0.3) is 0 Å². The number of aromatic carboxylic acids is 1. The van der Waals surface area contributed by atoms with Crippen molar-refractivity contribution in [2.24, 2.45) is 17.6 Å². The Bertz CT molecular complexity index is 1370. The van der Waals surface area contributed by atoms with Crippen molar-refractivity contribution in [3.63, 3.8) is 0 Å². The van der Waals surface area contributed by atoms with Crippen LogP contribution in [0.5, 0.6) is 0 Å². The van der Waals surface area contributed by atoms with E-state index in [1.807, 2.05) is 25.1 Å². The van der Waals surface area contributed by atoms with E-state index < -0.39 is 52.3 Å². The Morgan fingerprint density at radius 3 is 2.23 bits per heavy atom. The Labute approximate surface area is 252 Å². The fourth-order valence-corrected chi connectivity index (χ4v) is 6.85. The molecule has 4 atom stereocenters. The molecule has 2 fully saturated rings. The monoisotopic (exact) mass is 595 g/mol. The van der Waals surface area contributed by atoms with Gasteiger partial charge in [0, 0.05) is 30.3 Å². The third-order valence-corrected chi connectivity index (χ3v) is 9.10. The fourth-order valence-electron chi connectivity index (χ4n) is 6.85. The van der Waals surface area contributed by atoms with E-state index in [1.165, 1.54) is 23.1 Å². The van der Waals surface area contributed by atoms with E-state index in [1.54, 1.807) is 39.8 Å². The number of primary amides is 1. The van der Waals surface area contributed by atoms with Gasteiger partial charge in [-0.15, -0.1) is 0 Å². The summed E-state index contributed by atoms with van der Waals surface area (Å²) in [4.78, 5) is 53.0. The van der Waals surface area contributed by atoms with Crippen LogP contribution in [0.3, 0.4) is 0 Å². The van der Waals surface area contributed by atoms with E-state index in [-0.39, 0.29) is 35.9 Å². The van der Waals surface area contributed by atoms with E-state index in [0.717, 1.165) is 0 Å². The summed E-state index contributed by atoms with van der Waals surface area (Å²) in [7, 11) is 0. The maximum Gasteiger partial charge on any atom is 0.407 e. The Morgan fingerprint density at radius 1 is 1.05 bits per heavy atom. The molecular formula is C33H42FN3O6. The van der Waals surface area contributed by atoms with Gasteiger partial charge >= 0.3 is 12.1 Å². The van der Waals surface area contributed by atoms with Crippen molar-refractivity contribution >= 4 is 23.9 Å². The van der Waals surface area contributed by atoms with Crippen LogP contribution in [0.25, 0.3) is 0 Å². The van der Waals surface area contributed by atoms with Crippen LogP contribution in [0, 0.1) is 17.7 Å². The molecule has 2 aromatic carbocycles. The molecule has 1 aliphatic carbocycles. The topological polar surface area (TPSA) is 139 Å². The van der Waals surface area contributed by atoms with Crippen LogP contribution in [0.4, 0.5) is 9.18 Å². The number of rotatable bonds is 7. The van der Waals surface area contributed by atoms with E-state index in [9.17, 15) is 24.3 Å². The summed E-state index contributed by atoms with van der Waals surface area (Å²) in [5.41, 5.74) is 4.32. The summed E-state index contributed by atoms with van der Waals surface area (Å²) in [6, 6.07) is 13.1. The highest BCUT2D eigenvalue weighted by Gasteiger charge is 2.58. The van der Waals surface area contributed by atoms with Crippen molar-refractivity contribution in [1.82, 2.24) is 10.2 Å². The molecule has 0 radical (unpaired) electrons. The highest BCUT2D eigenvalue weighted by atomic mass is 19.1. The molecule has 1 saturated heterocycles. The van der Waals surface area contributed by atoms with Crippen LogP contribution >= 0.6 is 0 Å². The van der Waals surface area contributed by atoms with Gasteiger partial charge in [-0.2, -0.15) is 0 Å². The number of likely N-dealkylation sites (tertiary alicyclic amines) is 1. The SMILES string of the molecule is CC(NC(=O)OC(C)(C)C)[C@H]1CC[C@H](C(=O)N2CC(c3cccc(C(=O)O)c3F)[C@@H](c3ccccc3)[C@@]2(C)C(N)=O)CC1. The number of amides is 3. The summed E-state index contributed by atoms with van der Waals surface area (Å²) in [5.74, 6) is -4.87. The van der Waals surface area contributed by atoms with E-state index in [0.29, 0.717) is 31.2 Å². The van der Waals surface area contributed by atoms with Crippen LogP contribution < -0.4 is 11.1 Å². The molecule has 2 unspecified atom stereocenters. The molecule has 4 N–H and O–H groups in total. The second-order valence-electron chi connectivity index (χ2n) is 13.0. The molecule has 0 aromatic heterocycles. The van der Waals surface area contributed by atoms with E-state index in [2.05, 4.69) is 5.32 Å². The molecule has 0 bridgehead atoms. The van der Waals surface area contributed by atoms with Gasteiger partial charge in [0.15, 0.2) is 0 Å². The third kappa shape index (κ3) is 6.53. The number of carbonyl (C=O) groups is 4. The lowest BCUT2D eigenvalue weighted by Gasteiger charge is -2.40. The van der Waals surface area contributed by atoms with Crippen molar-refractivity contribution in [3.8, 4) is 0 Å². The first-order valence-corrected chi connectivity index (χ1v) is 14.8. The second kappa shape index (κ2) is 12.3. The number of ether oxygens (including phenoxy) is 1. The van der Waals surface area contributed by atoms with Crippen molar-refractivity contribution in [2.75, 3.05) is 6.54 Å². The first-order valence-electron chi connectivity index (χ1n) is 14.8. The average molecular weight is 596 g/mol. The molecule has 1 saturated carbocycles. The molecule has 1 aliphatic heterocycles. The van der Waals surface area contributed by atoms with Gasteiger partial charge in [0.05, 0.1) is 5.56 Å². The van der Waals surface area contributed by atoms with Gasteiger partial charge in [0.2, 0.25) is 11.8 Å². The summed E-state index contributed by atoms with van der Waals surface area (Å²) >= 11 is 0. The summed E-state index contributed by atoms with van der Waals surface area (Å²) in [6.07, 6.45) is 2.01. The molecule has 1 heterocycles. The second-order valence-corrected chi connectivity index (χ2v) is 13.0. The van der Waals surface area contributed by atoms with Gasteiger partial charge < -0.3 is 25.8 Å². The Balaban J connectivity index is 1.61. The van der Waals surface area contributed by atoms with Crippen LogP contribution in [0.15, 0.2) is 48.5 Å². The number of nitrogens with two attached hydrogens (primary N) is 1. The smallest absolute Gasteiger partial charge is 0.407 e. The number of nitrogens with one attached hydrogen (secondary N) is 1. The van der Waals surface area contributed by atoms with Gasteiger partial charge in [-0.05, 0) is 83.4 Å².